The number of pyridine rings is 1. The second kappa shape index (κ2) is 7.25. The zero-order valence-corrected chi connectivity index (χ0v) is 12.1. The van der Waals surface area contributed by atoms with Crippen molar-refractivity contribution in [2.75, 3.05) is 13.1 Å². The van der Waals surface area contributed by atoms with Gasteiger partial charge in [-0.25, -0.2) is 0 Å². The lowest BCUT2D eigenvalue weighted by molar-refractivity contribution is 0.617. The molecule has 0 aliphatic rings. The molecule has 2 nitrogen and oxygen atoms in total. The molecule has 1 heterocycles. The minimum Gasteiger partial charge on any atom is -0.317 e. The molecule has 0 radical (unpaired) electrons. The summed E-state index contributed by atoms with van der Waals surface area (Å²) < 4.78 is 0. The Balaban J connectivity index is 1.86. The van der Waals surface area contributed by atoms with Crippen LogP contribution in [0, 0.1) is 6.92 Å². The van der Waals surface area contributed by atoms with E-state index in [0.29, 0.717) is 0 Å². The molecule has 0 saturated heterocycles. The van der Waals surface area contributed by atoms with Crippen LogP contribution in [0.15, 0.2) is 30.3 Å². The maximum atomic E-state index is 4.54. The molecule has 0 bridgehead atoms. The van der Waals surface area contributed by atoms with Crippen molar-refractivity contribution in [2.45, 2.75) is 39.5 Å². The molecular formula is C17H24N2. The monoisotopic (exact) mass is 256 g/mol. The quantitative estimate of drug-likeness (QED) is 0.761. The standard InChI is InChI=1S/C17H24N2/c1-3-11-18-12-5-4-6-15-8-10-17-16(13-15)9-7-14(2)19-17/h7-10,13,18H,3-6,11-12H2,1-2H3. The van der Waals surface area contributed by atoms with Crippen LogP contribution in [-0.4, -0.2) is 18.1 Å². The average Bonchev–Trinajstić information content (AvgIpc) is 2.43. The molecule has 2 rings (SSSR count). The van der Waals surface area contributed by atoms with Crippen molar-refractivity contribution < 1.29 is 0 Å². The molecule has 1 aromatic carbocycles. The first-order valence-electron chi connectivity index (χ1n) is 7.36. The minimum atomic E-state index is 1.09. The molecule has 2 heteroatoms. The Bertz CT molecular complexity index is 520. The van der Waals surface area contributed by atoms with E-state index in [0.717, 1.165) is 30.7 Å². The number of nitrogens with one attached hydrogen (secondary N) is 1. The summed E-state index contributed by atoms with van der Waals surface area (Å²) >= 11 is 0. The van der Waals surface area contributed by atoms with Crippen LogP contribution in [-0.2, 0) is 6.42 Å². The van der Waals surface area contributed by atoms with Crippen molar-refractivity contribution in [3.63, 3.8) is 0 Å². The van der Waals surface area contributed by atoms with Crippen molar-refractivity contribution in [1.82, 2.24) is 10.3 Å². The lowest BCUT2D eigenvalue weighted by Crippen LogP contribution is -2.15. The fraction of sp³-hybridized carbons (Fsp3) is 0.471. The van der Waals surface area contributed by atoms with Gasteiger partial charge in [0, 0.05) is 11.1 Å². The summed E-state index contributed by atoms with van der Waals surface area (Å²) in [5, 5.41) is 4.70. The number of hydrogen-bond acceptors (Lipinski definition) is 2. The largest absolute Gasteiger partial charge is 0.317 e. The third-order valence-electron chi connectivity index (χ3n) is 3.39. The lowest BCUT2D eigenvalue weighted by atomic mass is 10.1. The molecule has 0 unspecified atom stereocenters. The highest BCUT2D eigenvalue weighted by Crippen LogP contribution is 2.16. The number of rotatable bonds is 7. The Labute approximate surface area is 116 Å². The molecular weight excluding hydrogens is 232 g/mol. The van der Waals surface area contributed by atoms with E-state index in [1.807, 2.05) is 6.92 Å². The average molecular weight is 256 g/mol. The van der Waals surface area contributed by atoms with Gasteiger partial charge in [-0.1, -0.05) is 19.1 Å². The number of benzene rings is 1. The van der Waals surface area contributed by atoms with Gasteiger partial charge in [0.15, 0.2) is 0 Å². The first-order chi connectivity index (χ1) is 9.29. The molecule has 0 amide bonds. The molecule has 0 fully saturated rings. The third kappa shape index (κ3) is 4.32. The number of hydrogen-bond donors (Lipinski definition) is 1. The maximum absolute atomic E-state index is 4.54. The number of unbranched alkanes of at least 4 members (excludes halogenated alkanes) is 1. The van der Waals surface area contributed by atoms with Crippen LogP contribution >= 0.6 is 0 Å². The lowest BCUT2D eigenvalue weighted by Gasteiger charge is -2.05. The second-order valence-corrected chi connectivity index (χ2v) is 5.19. The van der Waals surface area contributed by atoms with Crippen molar-refractivity contribution in [3.05, 3.63) is 41.6 Å². The molecule has 0 atom stereocenters. The van der Waals surface area contributed by atoms with Gasteiger partial charge in [0.05, 0.1) is 5.52 Å². The van der Waals surface area contributed by atoms with Gasteiger partial charge in [-0.05, 0) is 69.5 Å². The highest BCUT2D eigenvalue weighted by atomic mass is 14.8. The fourth-order valence-corrected chi connectivity index (χ4v) is 2.31. The van der Waals surface area contributed by atoms with Crippen LogP contribution in [0.3, 0.4) is 0 Å². The van der Waals surface area contributed by atoms with Gasteiger partial charge in [-0.15, -0.1) is 0 Å². The van der Waals surface area contributed by atoms with E-state index in [9.17, 15) is 0 Å². The summed E-state index contributed by atoms with van der Waals surface area (Å²) in [6.45, 7) is 6.53. The molecule has 1 N–H and O–H groups in total. The third-order valence-corrected chi connectivity index (χ3v) is 3.39. The summed E-state index contributed by atoms with van der Waals surface area (Å²) in [5.41, 5.74) is 3.62. The Morgan fingerprint density at radius 1 is 1.05 bits per heavy atom. The van der Waals surface area contributed by atoms with Gasteiger partial charge in [-0.3, -0.25) is 4.98 Å². The summed E-state index contributed by atoms with van der Waals surface area (Å²) in [4.78, 5) is 4.54. The summed E-state index contributed by atoms with van der Waals surface area (Å²) in [5.74, 6) is 0. The van der Waals surface area contributed by atoms with Gasteiger partial charge < -0.3 is 5.32 Å². The maximum Gasteiger partial charge on any atom is 0.0705 e. The van der Waals surface area contributed by atoms with Crippen molar-refractivity contribution in [2.24, 2.45) is 0 Å². The topological polar surface area (TPSA) is 24.9 Å². The van der Waals surface area contributed by atoms with Crippen molar-refractivity contribution in [3.8, 4) is 0 Å². The molecule has 102 valence electrons. The summed E-state index contributed by atoms with van der Waals surface area (Å²) in [7, 11) is 0. The van der Waals surface area contributed by atoms with E-state index in [-0.39, 0.29) is 0 Å². The van der Waals surface area contributed by atoms with Gasteiger partial charge in [-0.2, -0.15) is 0 Å². The van der Waals surface area contributed by atoms with Gasteiger partial charge in [0.2, 0.25) is 0 Å². The minimum absolute atomic E-state index is 1.09. The Morgan fingerprint density at radius 2 is 1.95 bits per heavy atom. The number of fused-ring (bicyclic) bond motifs is 1. The molecule has 0 aliphatic carbocycles. The molecule has 0 saturated carbocycles. The number of aromatic nitrogens is 1. The van der Waals surface area contributed by atoms with Gasteiger partial charge in [0.25, 0.3) is 0 Å². The van der Waals surface area contributed by atoms with Crippen LogP contribution in [0.1, 0.15) is 37.4 Å². The Kier molecular flexibility index (Phi) is 5.34. The van der Waals surface area contributed by atoms with Gasteiger partial charge >= 0.3 is 0 Å². The Morgan fingerprint density at radius 3 is 2.79 bits per heavy atom. The molecule has 0 aliphatic heterocycles. The predicted molar refractivity (Wildman–Crippen MR) is 82.6 cm³/mol. The molecule has 19 heavy (non-hydrogen) atoms. The van der Waals surface area contributed by atoms with Gasteiger partial charge in [0.1, 0.15) is 0 Å². The van der Waals surface area contributed by atoms with Crippen molar-refractivity contribution in [1.29, 1.82) is 0 Å². The highest BCUT2D eigenvalue weighted by molar-refractivity contribution is 5.79. The first kappa shape index (κ1) is 14.0. The smallest absolute Gasteiger partial charge is 0.0705 e. The van der Waals surface area contributed by atoms with Crippen molar-refractivity contribution >= 4 is 10.9 Å². The SMILES string of the molecule is CCCNCCCCc1ccc2nc(C)ccc2c1. The fourth-order valence-electron chi connectivity index (χ4n) is 2.31. The first-order valence-corrected chi connectivity index (χ1v) is 7.36. The molecule has 1 aromatic heterocycles. The normalized spacial score (nSPS) is 11.1. The van der Waals surface area contributed by atoms with E-state index < -0.39 is 0 Å². The zero-order valence-electron chi connectivity index (χ0n) is 12.1. The van der Waals surface area contributed by atoms with E-state index in [1.54, 1.807) is 0 Å². The Hall–Kier alpha value is -1.41. The second-order valence-electron chi connectivity index (χ2n) is 5.19. The van der Waals surface area contributed by atoms with E-state index >= 15 is 0 Å². The van der Waals surface area contributed by atoms with Crippen LogP contribution < -0.4 is 5.32 Å². The summed E-state index contributed by atoms with van der Waals surface area (Å²) in [6.07, 6.45) is 4.89. The summed E-state index contributed by atoms with van der Waals surface area (Å²) in [6, 6.07) is 10.9. The van der Waals surface area contributed by atoms with Crippen LogP contribution in [0.25, 0.3) is 10.9 Å². The highest BCUT2D eigenvalue weighted by Gasteiger charge is 1.98. The van der Waals surface area contributed by atoms with Crippen LogP contribution in [0.5, 0.6) is 0 Å². The van der Waals surface area contributed by atoms with E-state index in [2.05, 4.69) is 47.6 Å². The number of aryl methyl sites for hydroxylation is 2. The molecule has 0 spiro atoms. The number of nitrogens with zero attached hydrogens (tertiary/aromatic N) is 1. The van der Waals surface area contributed by atoms with Crippen LogP contribution in [0.4, 0.5) is 0 Å². The van der Waals surface area contributed by atoms with E-state index in [1.165, 1.54) is 30.2 Å². The predicted octanol–water partition coefficient (Wildman–Crippen LogP) is 3.87. The van der Waals surface area contributed by atoms with E-state index in [4.69, 9.17) is 0 Å². The van der Waals surface area contributed by atoms with Crippen LogP contribution in [0.2, 0.25) is 0 Å². The molecule has 2 aromatic rings. The zero-order chi connectivity index (χ0) is 13.5.